The van der Waals surface area contributed by atoms with Gasteiger partial charge in [0.25, 0.3) is 0 Å². The van der Waals surface area contributed by atoms with Crippen LogP contribution in [0.5, 0.6) is 0 Å². The van der Waals surface area contributed by atoms with E-state index in [2.05, 4.69) is 15.6 Å². The van der Waals surface area contributed by atoms with E-state index in [4.69, 9.17) is 22.5 Å². The molecule has 19 heavy (non-hydrogen) atoms. The predicted molar refractivity (Wildman–Crippen MR) is 74.5 cm³/mol. The average molecular weight is 280 g/mol. The molecule has 2 aromatic rings. The standard InChI is InChI=1S/C12H14ClN5O/c1-18-7-10(6-16-18)15-5-9-3-2-8(4-11(9)13)12(14)17-19/h2-4,6-7,15,19H,5H2,1H3,(H2,14,17). The van der Waals surface area contributed by atoms with Crippen LogP contribution in [-0.4, -0.2) is 20.8 Å². The van der Waals surface area contributed by atoms with Gasteiger partial charge in [-0.25, -0.2) is 0 Å². The molecule has 0 unspecified atom stereocenters. The SMILES string of the molecule is Cn1cc(NCc2ccc(/C(N)=N/O)cc2Cl)cn1. The lowest BCUT2D eigenvalue weighted by atomic mass is 10.1. The number of halogens is 1. The Balaban J connectivity index is 2.09. The molecule has 2 rings (SSSR count). The Labute approximate surface area is 115 Å². The van der Waals surface area contributed by atoms with Crippen molar-refractivity contribution in [2.75, 3.05) is 5.32 Å². The molecule has 0 aliphatic heterocycles. The van der Waals surface area contributed by atoms with Crippen LogP contribution < -0.4 is 11.1 Å². The van der Waals surface area contributed by atoms with Crippen molar-refractivity contribution in [2.45, 2.75) is 6.54 Å². The van der Waals surface area contributed by atoms with E-state index >= 15 is 0 Å². The molecule has 4 N–H and O–H groups in total. The van der Waals surface area contributed by atoms with Gasteiger partial charge in [-0.2, -0.15) is 5.10 Å². The van der Waals surface area contributed by atoms with Crippen LogP contribution in [-0.2, 0) is 13.6 Å². The lowest BCUT2D eigenvalue weighted by molar-refractivity contribution is 0.318. The van der Waals surface area contributed by atoms with E-state index in [1.54, 1.807) is 23.0 Å². The smallest absolute Gasteiger partial charge is 0.170 e. The summed E-state index contributed by atoms with van der Waals surface area (Å²) in [6, 6.07) is 5.25. The normalized spacial score (nSPS) is 11.6. The van der Waals surface area contributed by atoms with E-state index in [9.17, 15) is 0 Å². The predicted octanol–water partition coefficient (Wildman–Crippen LogP) is 1.78. The van der Waals surface area contributed by atoms with Gasteiger partial charge in [-0.3, -0.25) is 4.68 Å². The third kappa shape index (κ3) is 3.17. The highest BCUT2D eigenvalue weighted by Gasteiger charge is 2.05. The molecule has 0 fully saturated rings. The quantitative estimate of drug-likeness (QED) is 0.344. The molecule has 0 bridgehead atoms. The Hall–Kier alpha value is -2.21. The number of hydrogen-bond donors (Lipinski definition) is 3. The van der Waals surface area contributed by atoms with Crippen molar-refractivity contribution >= 4 is 23.1 Å². The molecule has 0 saturated carbocycles. The number of nitrogens with two attached hydrogens (primary N) is 1. The zero-order valence-corrected chi connectivity index (χ0v) is 11.1. The number of oxime groups is 1. The van der Waals surface area contributed by atoms with Gasteiger partial charge in [-0.15, -0.1) is 0 Å². The van der Waals surface area contributed by atoms with Crippen LogP contribution in [0.2, 0.25) is 5.02 Å². The summed E-state index contributed by atoms with van der Waals surface area (Å²) in [6.45, 7) is 0.570. The number of nitrogens with zero attached hydrogens (tertiary/aromatic N) is 3. The molecule has 0 amide bonds. The van der Waals surface area contributed by atoms with Gasteiger partial charge in [0.1, 0.15) is 0 Å². The van der Waals surface area contributed by atoms with Crippen molar-refractivity contribution in [3.63, 3.8) is 0 Å². The summed E-state index contributed by atoms with van der Waals surface area (Å²) in [6.07, 6.45) is 3.61. The zero-order chi connectivity index (χ0) is 13.8. The summed E-state index contributed by atoms with van der Waals surface area (Å²) in [5.41, 5.74) is 7.91. The van der Waals surface area contributed by atoms with Crippen LogP contribution in [0.15, 0.2) is 35.7 Å². The second-order valence-corrected chi connectivity index (χ2v) is 4.45. The van der Waals surface area contributed by atoms with Crippen LogP contribution in [0.1, 0.15) is 11.1 Å². The van der Waals surface area contributed by atoms with Crippen molar-refractivity contribution in [1.29, 1.82) is 0 Å². The number of aromatic nitrogens is 2. The summed E-state index contributed by atoms with van der Waals surface area (Å²) in [7, 11) is 1.85. The van der Waals surface area contributed by atoms with Crippen LogP contribution in [0.25, 0.3) is 0 Å². The molecule has 100 valence electrons. The molecule has 0 aliphatic carbocycles. The Morgan fingerprint density at radius 1 is 1.58 bits per heavy atom. The van der Waals surface area contributed by atoms with Gasteiger partial charge >= 0.3 is 0 Å². The number of hydrogen-bond acceptors (Lipinski definition) is 4. The van der Waals surface area contributed by atoms with Gasteiger partial charge < -0.3 is 16.3 Å². The van der Waals surface area contributed by atoms with Crippen molar-refractivity contribution < 1.29 is 5.21 Å². The first-order chi connectivity index (χ1) is 9.10. The number of anilines is 1. The molecule has 0 aliphatic rings. The number of aryl methyl sites for hydroxylation is 1. The Morgan fingerprint density at radius 3 is 2.95 bits per heavy atom. The third-order valence-corrected chi connectivity index (χ3v) is 3.00. The highest BCUT2D eigenvalue weighted by atomic mass is 35.5. The maximum atomic E-state index is 8.60. The Morgan fingerprint density at radius 2 is 2.37 bits per heavy atom. The van der Waals surface area contributed by atoms with E-state index < -0.39 is 0 Å². The lowest BCUT2D eigenvalue weighted by Crippen LogP contribution is -2.13. The average Bonchev–Trinajstić information content (AvgIpc) is 2.82. The number of benzene rings is 1. The maximum absolute atomic E-state index is 8.60. The monoisotopic (exact) mass is 279 g/mol. The topological polar surface area (TPSA) is 88.5 Å². The first kappa shape index (κ1) is 13.2. The van der Waals surface area contributed by atoms with Gasteiger partial charge in [-0.05, 0) is 11.6 Å². The number of nitrogens with one attached hydrogen (secondary N) is 1. The third-order valence-electron chi connectivity index (χ3n) is 2.64. The molecule has 1 aromatic carbocycles. The van der Waals surface area contributed by atoms with Gasteiger partial charge in [-0.1, -0.05) is 28.9 Å². The summed E-state index contributed by atoms with van der Waals surface area (Å²) in [5.74, 6) is 0.0358. The van der Waals surface area contributed by atoms with E-state index in [1.165, 1.54) is 0 Å². The van der Waals surface area contributed by atoms with Gasteiger partial charge in [0, 0.05) is 30.4 Å². The van der Waals surface area contributed by atoms with E-state index in [-0.39, 0.29) is 5.84 Å². The van der Waals surface area contributed by atoms with E-state index in [1.807, 2.05) is 19.3 Å². The summed E-state index contributed by atoms with van der Waals surface area (Å²) in [4.78, 5) is 0. The first-order valence-electron chi connectivity index (χ1n) is 5.59. The fraction of sp³-hybridized carbons (Fsp3) is 0.167. The van der Waals surface area contributed by atoms with Gasteiger partial charge in [0.2, 0.25) is 0 Å². The minimum Gasteiger partial charge on any atom is -0.409 e. The Bertz CT molecular complexity index is 608. The second-order valence-electron chi connectivity index (χ2n) is 4.05. The van der Waals surface area contributed by atoms with Crippen LogP contribution in [0, 0.1) is 0 Å². The minimum atomic E-state index is 0.0358. The van der Waals surface area contributed by atoms with Crippen molar-refractivity contribution in [3.8, 4) is 0 Å². The van der Waals surface area contributed by atoms with E-state index in [0.717, 1.165) is 11.3 Å². The van der Waals surface area contributed by atoms with Crippen molar-refractivity contribution in [1.82, 2.24) is 9.78 Å². The van der Waals surface area contributed by atoms with E-state index in [0.29, 0.717) is 17.1 Å². The van der Waals surface area contributed by atoms with Crippen LogP contribution in [0.3, 0.4) is 0 Å². The fourth-order valence-electron chi connectivity index (χ4n) is 1.62. The van der Waals surface area contributed by atoms with Crippen molar-refractivity contribution in [2.24, 2.45) is 17.9 Å². The highest BCUT2D eigenvalue weighted by Crippen LogP contribution is 2.19. The summed E-state index contributed by atoms with van der Waals surface area (Å²) >= 11 is 6.15. The number of amidine groups is 1. The largest absolute Gasteiger partial charge is 0.409 e. The molecule has 0 atom stereocenters. The van der Waals surface area contributed by atoms with Crippen LogP contribution in [0.4, 0.5) is 5.69 Å². The van der Waals surface area contributed by atoms with Gasteiger partial charge in [0.05, 0.1) is 11.9 Å². The van der Waals surface area contributed by atoms with Gasteiger partial charge in [0.15, 0.2) is 5.84 Å². The maximum Gasteiger partial charge on any atom is 0.170 e. The fourth-order valence-corrected chi connectivity index (χ4v) is 1.86. The first-order valence-corrected chi connectivity index (χ1v) is 5.97. The molecule has 1 heterocycles. The molecule has 7 heteroatoms. The second kappa shape index (κ2) is 5.62. The van der Waals surface area contributed by atoms with Crippen LogP contribution >= 0.6 is 11.6 Å². The summed E-state index contributed by atoms with van der Waals surface area (Å²) in [5, 5.41) is 19.4. The molecule has 0 saturated heterocycles. The Kier molecular flexibility index (Phi) is 3.91. The highest BCUT2D eigenvalue weighted by molar-refractivity contribution is 6.31. The van der Waals surface area contributed by atoms with Crippen molar-refractivity contribution in [3.05, 3.63) is 46.7 Å². The molecular weight excluding hydrogens is 266 g/mol. The zero-order valence-electron chi connectivity index (χ0n) is 10.3. The number of rotatable bonds is 4. The summed E-state index contributed by atoms with van der Waals surface area (Å²) < 4.78 is 1.71. The lowest BCUT2D eigenvalue weighted by Gasteiger charge is -2.07. The molecular formula is C12H14ClN5O. The minimum absolute atomic E-state index is 0.0358. The molecule has 1 aromatic heterocycles. The molecule has 6 nitrogen and oxygen atoms in total. The molecule has 0 radical (unpaired) electrons. The molecule has 0 spiro atoms.